The van der Waals surface area contributed by atoms with Crippen LogP contribution in [0, 0.1) is 0 Å². The number of carbonyl (C=O) groups is 3. The molecule has 0 saturated heterocycles. The number of unbranched alkanes of at least 4 members (excludes halogenated alkanes) is 40. The highest BCUT2D eigenvalue weighted by Crippen LogP contribution is 2.18. The highest BCUT2D eigenvalue weighted by molar-refractivity contribution is 5.71. The number of esters is 3. The molecule has 1 atom stereocenters. The van der Waals surface area contributed by atoms with Gasteiger partial charge in [-0.3, -0.25) is 14.4 Å². The van der Waals surface area contributed by atoms with Crippen LogP contribution in [0.5, 0.6) is 0 Å². The number of rotatable bonds is 65. The average Bonchev–Trinajstić information content (AvgIpc) is 3.47. The summed E-state index contributed by atoms with van der Waals surface area (Å²) >= 11 is 0. The van der Waals surface area contributed by atoms with E-state index in [1.807, 2.05) is 0 Å². The second-order valence-corrected chi connectivity index (χ2v) is 23.8. The van der Waals surface area contributed by atoms with Crippen LogP contribution in [0.2, 0.25) is 0 Å². The van der Waals surface area contributed by atoms with E-state index in [2.05, 4.69) is 106 Å². The van der Waals surface area contributed by atoms with Crippen LogP contribution in [-0.2, 0) is 28.6 Å². The molecule has 0 saturated carbocycles. The van der Waals surface area contributed by atoms with E-state index in [9.17, 15) is 14.4 Å². The van der Waals surface area contributed by atoms with Gasteiger partial charge in [-0.05, 0) is 96.3 Å². The summed E-state index contributed by atoms with van der Waals surface area (Å²) in [6, 6.07) is 0. The Bertz CT molecular complexity index is 1550. The van der Waals surface area contributed by atoms with Gasteiger partial charge in [0.2, 0.25) is 0 Å². The molecule has 82 heavy (non-hydrogen) atoms. The third-order valence-electron chi connectivity index (χ3n) is 15.6. The van der Waals surface area contributed by atoms with Gasteiger partial charge in [-0.15, -0.1) is 0 Å². The Kier molecular flexibility index (Phi) is 67.2. The van der Waals surface area contributed by atoms with E-state index >= 15 is 0 Å². The van der Waals surface area contributed by atoms with Gasteiger partial charge < -0.3 is 14.2 Å². The van der Waals surface area contributed by atoms with Crippen LogP contribution < -0.4 is 0 Å². The van der Waals surface area contributed by atoms with Crippen molar-refractivity contribution in [3.8, 4) is 0 Å². The van der Waals surface area contributed by atoms with Crippen molar-refractivity contribution in [2.75, 3.05) is 13.2 Å². The van der Waals surface area contributed by atoms with Crippen LogP contribution in [0.25, 0.3) is 0 Å². The van der Waals surface area contributed by atoms with Crippen LogP contribution in [-0.4, -0.2) is 37.2 Å². The van der Waals surface area contributed by atoms with Crippen LogP contribution >= 0.6 is 0 Å². The molecule has 0 N–H and O–H groups in total. The zero-order chi connectivity index (χ0) is 59.2. The number of hydrogen-bond acceptors (Lipinski definition) is 6. The van der Waals surface area contributed by atoms with Gasteiger partial charge in [-0.25, -0.2) is 0 Å². The van der Waals surface area contributed by atoms with E-state index in [0.29, 0.717) is 19.3 Å². The molecule has 0 bridgehead atoms. The fraction of sp³-hybridized carbons (Fsp3) is 0.776. The lowest BCUT2D eigenvalue weighted by atomic mass is 10.0. The third-order valence-corrected chi connectivity index (χ3v) is 15.6. The van der Waals surface area contributed by atoms with E-state index in [4.69, 9.17) is 14.2 Å². The Morgan fingerprint density at radius 3 is 0.744 bits per heavy atom. The average molecular weight is 1140 g/mol. The fourth-order valence-corrected chi connectivity index (χ4v) is 10.3. The van der Waals surface area contributed by atoms with Gasteiger partial charge in [-0.2, -0.15) is 0 Å². The molecule has 0 aromatic rings. The first-order valence-corrected chi connectivity index (χ1v) is 35.6. The van der Waals surface area contributed by atoms with E-state index < -0.39 is 6.10 Å². The van der Waals surface area contributed by atoms with Crippen molar-refractivity contribution in [2.24, 2.45) is 0 Å². The molecule has 0 fully saturated rings. The van der Waals surface area contributed by atoms with Gasteiger partial charge in [0, 0.05) is 19.3 Å². The molecule has 0 spiro atoms. The lowest BCUT2D eigenvalue weighted by Crippen LogP contribution is -2.30. The van der Waals surface area contributed by atoms with Crippen molar-refractivity contribution in [3.05, 3.63) is 85.1 Å². The molecule has 0 aromatic heterocycles. The Balaban J connectivity index is 4.13. The largest absolute Gasteiger partial charge is 0.462 e. The van der Waals surface area contributed by atoms with Crippen molar-refractivity contribution >= 4 is 17.9 Å². The standard InChI is InChI=1S/C76H134O6/c1-4-7-10-13-16-19-22-24-26-28-30-32-33-34-35-36-37-38-39-40-41-42-43-45-46-48-50-52-54-57-60-63-66-69-75(78)81-72-73(71-80-74(77)68-65-62-59-56-21-18-15-12-9-6-3)82-76(79)70-67-64-61-58-55-53-51-49-47-44-31-29-27-25-23-20-17-14-11-8-5-2/h8,11,17,20,22,24-25,27-28,30-31,44,49,51,73H,4-7,9-10,12-16,18-19,21,23,26,29,32-43,45-48,50,52-72H2,1-3H3/b11-8-,20-17-,24-22-,27-25-,30-28-,44-31-,51-49-. The molecular formula is C76H134O6. The highest BCUT2D eigenvalue weighted by atomic mass is 16.6. The summed E-state index contributed by atoms with van der Waals surface area (Å²) in [5.74, 6) is -0.883. The smallest absolute Gasteiger partial charge is 0.306 e. The number of hydrogen-bond donors (Lipinski definition) is 0. The minimum atomic E-state index is -0.785. The lowest BCUT2D eigenvalue weighted by molar-refractivity contribution is -0.167. The Morgan fingerprint density at radius 2 is 0.476 bits per heavy atom. The maximum atomic E-state index is 12.9. The molecule has 0 aliphatic rings. The topological polar surface area (TPSA) is 78.9 Å². The van der Waals surface area contributed by atoms with Crippen LogP contribution in [0.1, 0.15) is 361 Å². The third kappa shape index (κ3) is 67.4. The quantitative estimate of drug-likeness (QED) is 0.0261. The van der Waals surface area contributed by atoms with Gasteiger partial charge in [-0.1, -0.05) is 331 Å². The fourth-order valence-electron chi connectivity index (χ4n) is 10.3. The van der Waals surface area contributed by atoms with Crippen molar-refractivity contribution in [3.63, 3.8) is 0 Å². The summed E-state index contributed by atoms with van der Waals surface area (Å²) in [4.78, 5) is 38.3. The maximum absolute atomic E-state index is 12.9. The van der Waals surface area contributed by atoms with Gasteiger partial charge in [0.25, 0.3) is 0 Å². The van der Waals surface area contributed by atoms with Crippen LogP contribution in [0.3, 0.4) is 0 Å². The molecule has 6 heteroatoms. The molecule has 0 rings (SSSR count). The van der Waals surface area contributed by atoms with Crippen LogP contribution in [0.4, 0.5) is 0 Å². The lowest BCUT2D eigenvalue weighted by Gasteiger charge is -2.18. The second-order valence-electron chi connectivity index (χ2n) is 23.8. The van der Waals surface area contributed by atoms with Gasteiger partial charge in [0.15, 0.2) is 6.10 Å². The first-order chi connectivity index (χ1) is 40.5. The summed E-state index contributed by atoms with van der Waals surface area (Å²) in [6.07, 6.45) is 93.5. The first-order valence-electron chi connectivity index (χ1n) is 35.6. The van der Waals surface area contributed by atoms with Crippen molar-refractivity contribution in [1.82, 2.24) is 0 Å². The molecule has 0 amide bonds. The monoisotopic (exact) mass is 1140 g/mol. The Labute approximate surface area is 509 Å². The number of ether oxygens (including phenoxy) is 3. The van der Waals surface area contributed by atoms with E-state index in [0.717, 1.165) is 116 Å². The zero-order valence-corrected chi connectivity index (χ0v) is 54.5. The Hall–Kier alpha value is -3.41. The van der Waals surface area contributed by atoms with Crippen molar-refractivity contribution in [1.29, 1.82) is 0 Å². The first kappa shape index (κ1) is 78.6. The van der Waals surface area contributed by atoms with Crippen LogP contribution in [0.15, 0.2) is 85.1 Å². The minimum absolute atomic E-state index is 0.0802. The van der Waals surface area contributed by atoms with Gasteiger partial charge in [0.1, 0.15) is 13.2 Å². The molecule has 0 radical (unpaired) electrons. The normalized spacial score (nSPS) is 12.6. The highest BCUT2D eigenvalue weighted by Gasteiger charge is 2.19. The predicted molar refractivity (Wildman–Crippen MR) is 358 cm³/mol. The molecule has 0 aromatic carbocycles. The molecule has 0 heterocycles. The number of carbonyl (C=O) groups excluding carboxylic acids is 3. The Morgan fingerprint density at radius 1 is 0.256 bits per heavy atom. The summed E-state index contributed by atoms with van der Waals surface area (Å²) in [5.41, 5.74) is 0. The zero-order valence-electron chi connectivity index (χ0n) is 54.5. The summed E-state index contributed by atoms with van der Waals surface area (Å²) in [5, 5.41) is 0. The molecule has 0 aliphatic heterocycles. The summed E-state index contributed by atoms with van der Waals surface area (Å²) < 4.78 is 16.9. The van der Waals surface area contributed by atoms with E-state index in [-0.39, 0.29) is 31.1 Å². The maximum Gasteiger partial charge on any atom is 0.306 e. The molecule has 6 nitrogen and oxygen atoms in total. The SMILES string of the molecule is CC/C=C\C/C=C\C/C=C\C/C=C\C/C=C\CCCCCCCC(=O)OC(COC(=O)CCCCCCCCCCCC)COC(=O)CCCCCCCCCCCCCCCCCCCCCCC/C=C\C/C=C\CCCCCCC. The number of allylic oxidation sites excluding steroid dienone is 14. The van der Waals surface area contributed by atoms with Crippen molar-refractivity contribution in [2.45, 2.75) is 367 Å². The molecule has 474 valence electrons. The minimum Gasteiger partial charge on any atom is -0.462 e. The molecule has 0 aliphatic carbocycles. The summed E-state index contributed by atoms with van der Waals surface area (Å²) in [7, 11) is 0. The van der Waals surface area contributed by atoms with E-state index in [1.54, 1.807) is 0 Å². The molecule has 1 unspecified atom stereocenters. The summed E-state index contributed by atoms with van der Waals surface area (Å²) in [6.45, 7) is 6.53. The van der Waals surface area contributed by atoms with E-state index in [1.165, 1.54) is 205 Å². The second kappa shape index (κ2) is 70.1. The predicted octanol–water partition coefficient (Wildman–Crippen LogP) is 24.6. The van der Waals surface area contributed by atoms with Gasteiger partial charge >= 0.3 is 17.9 Å². The van der Waals surface area contributed by atoms with Gasteiger partial charge in [0.05, 0.1) is 0 Å². The van der Waals surface area contributed by atoms with Crippen molar-refractivity contribution < 1.29 is 28.6 Å². The molecular weight excluding hydrogens is 1010 g/mol.